The molecule has 0 aromatic heterocycles. The van der Waals surface area contributed by atoms with Crippen molar-refractivity contribution in [1.29, 1.82) is 0 Å². The smallest absolute Gasteiger partial charge is 0.120 e. The Hall–Kier alpha value is -1.22. The molecule has 1 heterocycles. The monoisotopic (exact) mass is 234 g/mol. The summed E-state index contributed by atoms with van der Waals surface area (Å²) in [6.45, 7) is 7.68. The summed E-state index contributed by atoms with van der Waals surface area (Å²) in [5.41, 5.74) is 1.48. The first-order valence-electron chi connectivity index (χ1n) is 6.31. The molecule has 1 unspecified atom stereocenters. The van der Waals surface area contributed by atoms with Crippen LogP contribution in [0.25, 0.3) is 0 Å². The zero-order valence-corrected chi connectivity index (χ0v) is 11.0. The van der Waals surface area contributed by atoms with E-state index in [9.17, 15) is 0 Å². The highest BCUT2D eigenvalue weighted by Gasteiger charge is 2.28. The van der Waals surface area contributed by atoms with Crippen molar-refractivity contribution < 1.29 is 4.74 Å². The summed E-state index contributed by atoms with van der Waals surface area (Å²) in [4.78, 5) is 2.43. The minimum Gasteiger partial charge on any atom is -0.497 e. The Bertz CT molecular complexity index is 380. The number of anilines is 1. The third-order valence-electron chi connectivity index (χ3n) is 3.67. The topological polar surface area (TPSA) is 24.5 Å². The molecule has 2 rings (SSSR count). The Morgan fingerprint density at radius 1 is 1.47 bits per heavy atom. The summed E-state index contributed by atoms with van der Waals surface area (Å²) in [6.07, 6.45) is 1.15. The van der Waals surface area contributed by atoms with Gasteiger partial charge in [0, 0.05) is 36.9 Å². The summed E-state index contributed by atoms with van der Waals surface area (Å²) in [7, 11) is 1.72. The lowest BCUT2D eigenvalue weighted by Crippen LogP contribution is -2.58. The van der Waals surface area contributed by atoms with Crippen molar-refractivity contribution in [2.45, 2.75) is 25.8 Å². The molecule has 1 fully saturated rings. The minimum atomic E-state index is 0.224. The first-order valence-corrected chi connectivity index (χ1v) is 6.31. The fraction of sp³-hybridized carbons (Fsp3) is 0.571. The number of nitrogens with one attached hydrogen (secondary N) is 1. The van der Waals surface area contributed by atoms with Gasteiger partial charge >= 0.3 is 0 Å². The summed E-state index contributed by atoms with van der Waals surface area (Å²) in [5.74, 6) is 0.930. The van der Waals surface area contributed by atoms with E-state index < -0.39 is 0 Å². The molecule has 3 nitrogen and oxygen atoms in total. The molecule has 1 aromatic rings. The molecule has 1 aromatic carbocycles. The zero-order valence-electron chi connectivity index (χ0n) is 11.0. The van der Waals surface area contributed by atoms with Gasteiger partial charge in [0.25, 0.3) is 0 Å². The Kier molecular flexibility index (Phi) is 3.57. The van der Waals surface area contributed by atoms with Gasteiger partial charge < -0.3 is 15.0 Å². The van der Waals surface area contributed by atoms with E-state index in [4.69, 9.17) is 4.74 Å². The van der Waals surface area contributed by atoms with Crippen LogP contribution in [0.15, 0.2) is 24.3 Å². The van der Waals surface area contributed by atoms with Crippen molar-refractivity contribution in [3.8, 4) is 5.75 Å². The fourth-order valence-corrected chi connectivity index (χ4v) is 2.31. The normalized spacial score (nSPS) is 24.8. The summed E-state index contributed by atoms with van der Waals surface area (Å²) >= 11 is 0. The molecular formula is C14H22N2O. The van der Waals surface area contributed by atoms with Crippen LogP contribution in [0, 0.1) is 0 Å². The molecule has 0 spiro atoms. The second kappa shape index (κ2) is 4.96. The molecule has 0 amide bonds. The highest BCUT2D eigenvalue weighted by atomic mass is 16.5. The van der Waals surface area contributed by atoms with Crippen LogP contribution in [-0.2, 0) is 0 Å². The number of rotatable bonds is 3. The van der Waals surface area contributed by atoms with Crippen LogP contribution in [0.3, 0.4) is 0 Å². The van der Waals surface area contributed by atoms with Crippen molar-refractivity contribution in [2.24, 2.45) is 0 Å². The fourth-order valence-electron chi connectivity index (χ4n) is 2.31. The van der Waals surface area contributed by atoms with Crippen molar-refractivity contribution in [2.75, 3.05) is 31.6 Å². The second-order valence-corrected chi connectivity index (χ2v) is 4.96. The van der Waals surface area contributed by atoms with E-state index in [1.54, 1.807) is 7.11 Å². The summed E-state index contributed by atoms with van der Waals surface area (Å²) < 4.78 is 5.28. The SMILES string of the molecule is CCC1(C)CN(c2cccc(OC)c2)CCN1. The van der Waals surface area contributed by atoms with E-state index >= 15 is 0 Å². The molecule has 0 bridgehead atoms. The van der Waals surface area contributed by atoms with Crippen molar-refractivity contribution in [3.63, 3.8) is 0 Å². The van der Waals surface area contributed by atoms with Gasteiger partial charge in [0.1, 0.15) is 5.75 Å². The third kappa shape index (κ3) is 2.72. The standard InChI is InChI=1S/C14H22N2O/c1-4-14(2)11-16(9-8-15-14)12-6-5-7-13(10-12)17-3/h5-7,10,15H,4,8-9,11H2,1-3H3. The molecule has 94 valence electrons. The first kappa shape index (κ1) is 12.2. The Morgan fingerprint density at radius 2 is 2.29 bits per heavy atom. The van der Waals surface area contributed by atoms with Crippen LogP contribution in [0.1, 0.15) is 20.3 Å². The van der Waals surface area contributed by atoms with Crippen LogP contribution >= 0.6 is 0 Å². The van der Waals surface area contributed by atoms with E-state index in [1.807, 2.05) is 6.07 Å². The van der Waals surface area contributed by atoms with E-state index in [0.29, 0.717) is 0 Å². The lowest BCUT2D eigenvalue weighted by Gasteiger charge is -2.42. The largest absolute Gasteiger partial charge is 0.497 e. The first-order chi connectivity index (χ1) is 8.17. The van der Waals surface area contributed by atoms with Crippen LogP contribution < -0.4 is 15.0 Å². The Morgan fingerprint density at radius 3 is 3.00 bits per heavy atom. The molecular weight excluding hydrogens is 212 g/mol. The van der Waals surface area contributed by atoms with Crippen LogP contribution in [0.2, 0.25) is 0 Å². The number of methoxy groups -OCH3 is 1. The van der Waals surface area contributed by atoms with Gasteiger partial charge in [-0.15, -0.1) is 0 Å². The maximum absolute atomic E-state index is 5.28. The molecule has 1 atom stereocenters. The van der Waals surface area contributed by atoms with Gasteiger partial charge in [-0.2, -0.15) is 0 Å². The van der Waals surface area contributed by atoms with Crippen molar-refractivity contribution in [3.05, 3.63) is 24.3 Å². The highest BCUT2D eigenvalue weighted by Crippen LogP contribution is 2.25. The predicted octanol–water partition coefficient (Wildman–Crippen LogP) is 2.27. The quantitative estimate of drug-likeness (QED) is 0.868. The molecule has 0 aliphatic carbocycles. The minimum absolute atomic E-state index is 0.224. The molecule has 0 saturated carbocycles. The summed E-state index contributed by atoms with van der Waals surface area (Å²) in [5, 5.41) is 3.60. The number of nitrogens with zero attached hydrogens (tertiary/aromatic N) is 1. The maximum Gasteiger partial charge on any atom is 0.120 e. The number of ether oxygens (including phenoxy) is 1. The van der Waals surface area contributed by atoms with Crippen LogP contribution in [-0.4, -0.2) is 32.3 Å². The van der Waals surface area contributed by atoms with Gasteiger partial charge in [0.05, 0.1) is 7.11 Å². The van der Waals surface area contributed by atoms with E-state index in [-0.39, 0.29) is 5.54 Å². The van der Waals surface area contributed by atoms with Crippen LogP contribution in [0.5, 0.6) is 5.75 Å². The molecule has 1 N–H and O–H groups in total. The molecule has 17 heavy (non-hydrogen) atoms. The third-order valence-corrected chi connectivity index (χ3v) is 3.67. The Balaban J connectivity index is 2.16. The highest BCUT2D eigenvalue weighted by molar-refractivity contribution is 5.51. The number of hydrogen-bond donors (Lipinski definition) is 1. The molecule has 0 radical (unpaired) electrons. The van der Waals surface area contributed by atoms with Gasteiger partial charge in [-0.05, 0) is 25.5 Å². The maximum atomic E-state index is 5.28. The van der Waals surface area contributed by atoms with E-state index in [2.05, 4.69) is 42.3 Å². The van der Waals surface area contributed by atoms with Gasteiger partial charge in [-0.25, -0.2) is 0 Å². The summed E-state index contributed by atoms with van der Waals surface area (Å²) in [6, 6.07) is 8.32. The van der Waals surface area contributed by atoms with Gasteiger partial charge in [-0.3, -0.25) is 0 Å². The Labute approximate surface area is 104 Å². The zero-order chi connectivity index (χ0) is 12.3. The number of hydrogen-bond acceptors (Lipinski definition) is 3. The molecule has 1 aliphatic rings. The average molecular weight is 234 g/mol. The number of piperazine rings is 1. The van der Waals surface area contributed by atoms with Gasteiger partial charge in [0.2, 0.25) is 0 Å². The van der Waals surface area contributed by atoms with Crippen LogP contribution in [0.4, 0.5) is 5.69 Å². The van der Waals surface area contributed by atoms with E-state index in [1.165, 1.54) is 5.69 Å². The molecule has 1 aliphatic heterocycles. The van der Waals surface area contributed by atoms with Crippen molar-refractivity contribution >= 4 is 5.69 Å². The van der Waals surface area contributed by atoms with E-state index in [0.717, 1.165) is 31.8 Å². The predicted molar refractivity (Wildman–Crippen MR) is 71.9 cm³/mol. The second-order valence-electron chi connectivity index (χ2n) is 4.96. The average Bonchev–Trinajstić information content (AvgIpc) is 2.39. The number of benzene rings is 1. The lowest BCUT2D eigenvalue weighted by atomic mass is 9.95. The lowest BCUT2D eigenvalue weighted by molar-refractivity contribution is 0.314. The van der Waals surface area contributed by atoms with Gasteiger partial charge in [0.15, 0.2) is 0 Å². The molecule has 3 heteroatoms. The van der Waals surface area contributed by atoms with Gasteiger partial charge in [-0.1, -0.05) is 13.0 Å². The van der Waals surface area contributed by atoms with Crippen molar-refractivity contribution in [1.82, 2.24) is 5.32 Å². The molecule has 1 saturated heterocycles.